The molecule has 20 heavy (non-hydrogen) atoms. The van der Waals surface area contributed by atoms with E-state index < -0.39 is 30.5 Å². The summed E-state index contributed by atoms with van der Waals surface area (Å²) in [6.45, 7) is 1.14. The Labute approximate surface area is 116 Å². The van der Waals surface area contributed by atoms with E-state index in [1.54, 1.807) is 37.3 Å². The Morgan fingerprint density at radius 3 is 2.40 bits per heavy atom. The summed E-state index contributed by atoms with van der Waals surface area (Å²) in [7, 11) is 0. The topological polar surface area (TPSA) is 113 Å². The van der Waals surface area contributed by atoms with Crippen LogP contribution in [-0.2, 0) is 9.59 Å². The second kappa shape index (κ2) is 7.13. The number of benzene rings is 1. The molecule has 1 aromatic rings. The van der Waals surface area contributed by atoms with E-state index >= 15 is 0 Å². The lowest BCUT2D eigenvalue weighted by Crippen LogP contribution is -2.47. The van der Waals surface area contributed by atoms with Gasteiger partial charge in [0.05, 0.1) is 0 Å². The minimum atomic E-state index is -1.13. The number of hydrogen-bond acceptors (Lipinski definition) is 3. The molecule has 0 aliphatic carbocycles. The number of primary amides is 1. The van der Waals surface area contributed by atoms with Gasteiger partial charge in [-0.25, -0.2) is 4.79 Å². The molecule has 1 unspecified atom stereocenters. The van der Waals surface area contributed by atoms with Crippen molar-refractivity contribution >= 4 is 23.6 Å². The van der Waals surface area contributed by atoms with Crippen molar-refractivity contribution in [3.05, 3.63) is 30.3 Å². The molecule has 0 aromatic heterocycles. The molecule has 0 saturated heterocycles. The van der Waals surface area contributed by atoms with Crippen molar-refractivity contribution in [3.8, 4) is 0 Å². The summed E-state index contributed by atoms with van der Waals surface area (Å²) in [5.74, 6) is -1.67. The average Bonchev–Trinajstić information content (AvgIpc) is 2.35. The predicted molar refractivity (Wildman–Crippen MR) is 73.2 cm³/mol. The van der Waals surface area contributed by atoms with Crippen LogP contribution in [0.2, 0.25) is 0 Å². The Kier molecular flexibility index (Phi) is 5.52. The Morgan fingerprint density at radius 2 is 1.90 bits per heavy atom. The molecule has 1 aromatic carbocycles. The average molecular weight is 279 g/mol. The molecule has 108 valence electrons. The van der Waals surface area contributed by atoms with Crippen molar-refractivity contribution in [2.45, 2.75) is 19.4 Å². The number of hydrogen-bond donors (Lipinski definition) is 3. The van der Waals surface area contributed by atoms with Crippen LogP contribution in [0.15, 0.2) is 30.3 Å². The smallest absolute Gasteiger partial charge is 0.323 e. The quantitative estimate of drug-likeness (QED) is 0.705. The molecule has 0 spiro atoms. The van der Waals surface area contributed by atoms with Gasteiger partial charge in [0, 0.05) is 18.2 Å². The van der Waals surface area contributed by atoms with Gasteiger partial charge in [-0.2, -0.15) is 0 Å². The van der Waals surface area contributed by atoms with Crippen LogP contribution in [0.3, 0.4) is 0 Å². The summed E-state index contributed by atoms with van der Waals surface area (Å²) in [5, 5.41) is 11.4. The molecule has 0 radical (unpaired) electrons. The fraction of sp³-hybridized carbons (Fsp3) is 0.308. The Morgan fingerprint density at radius 1 is 1.30 bits per heavy atom. The number of nitrogens with zero attached hydrogens (tertiary/aromatic N) is 1. The van der Waals surface area contributed by atoms with E-state index in [1.807, 2.05) is 0 Å². The molecule has 3 amide bonds. The molecule has 0 aliphatic heterocycles. The fourth-order valence-corrected chi connectivity index (χ4v) is 1.67. The molecule has 7 heteroatoms. The molecule has 0 aliphatic rings. The van der Waals surface area contributed by atoms with Crippen molar-refractivity contribution < 1.29 is 19.5 Å². The van der Waals surface area contributed by atoms with Crippen LogP contribution in [0.5, 0.6) is 0 Å². The third-order valence-electron chi connectivity index (χ3n) is 2.48. The number of para-hydroxylation sites is 1. The van der Waals surface area contributed by atoms with Crippen LogP contribution in [0.4, 0.5) is 10.5 Å². The predicted octanol–water partition coefficient (Wildman–Crippen LogP) is 0.551. The van der Waals surface area contributed by atoms with Gasteiger partial charge in [0.2, 0.25) is 5.91 Å². The van der Waals surface area contributed by atoms with Crippen LogP contribution < -0.4 is 16.0 Å². The van der Waals surface area contributed by atoms with E-state index in [-0.39, 0.29) is 6.42 Å². The number of carbonyl (C=O) groups excluding carboxylic acids is 2. The number of urea groups is 1. The third kappa shape index (κ3) is 4.97. The molecule has 0 fully saturated rings. The molecule has 0 heterocycles. The molecular formula is C13H17N3O4. The van der Waals surface area contributed by atoms with E-state index in [2.05, 4.69) is 5.32 Å². The Hall–Kier alpha value is -2.57. The maximum Gasteiger partial charge on any atom is 0.323 e. The lowest BCUT2D eigenvalue weighted by atomic mass is 10.2. The van der Waals surface area contributed by atoms with Crippen molar-refractivity contribution in [1.29, 1.82) is 0 Å². The first kappa shape index (κ1) is 15.5. The molecule has 4 N–H and O–H groups in total. The summed E-state index contributed by atoms with van der Waals surface area (Å²) < 4.78 is 0. The van der Waals surface area contributed by atoms with E-state index in [1.165, 1.54) is 0 Å². The van der Waals surface area contributed by atoms with E-state index in [9.17, 15) is 14.4 Å². The van der Waals surface area contributed by atoms with Crippen molar-refractivity contribution in [2.75, 3.05) is 11.4 Å². The summed E-state index contributed by atoms with van der Waals surface area (Å²) in [5.41, 5.74) is 5.50. The fourth-order valence-electron chi connectivity index (χ4n) is 1.67. The maximum absolute atomic E-state index is 12.1. The first-order valence-electron chi connectivity index (χ1n) is 6.03. The highest BCUT2D eigenvalue weighted by Gasteiger charge is 2.20. The minimum absolute atomic E-state index is 0.0125. The van der Waals surface area contributed by atoms with E-state index in [0.717, 1.165) is 4.90 Å². The number of rotatable bonds is 6. The number of anilines is 1. The van der Waals surface area contributed by atoms with Crippen LogP contribution in [-0.4, -0.2) is 35.6 Å². The second-order valence-electron chi connectivity index (χ2n) is 4.34. The monoisotopic (exact) mass is 279 g/mol. The Bertz CT molecular complexity index is 490. The first-order valence-corrected chi connectivity index (χ1v) is 6.03. The van der Waals surface area contributed by atoms with Crippen molar-refractivity contribution in [1.82, 2.24) is 5.32 Å². The zero-order valence-corrected chi connectivity index (χ0v) is 11.1. The SMILES string of the molecule is CC(CC(N)=O)NC(=O)N(CC(=O)O)c1ccccc1. The largest absolute Gasteiger partial charge is 0.480 e. The zero-order valence-electron chi connectivity index (χ0n) is 11.1. The van der Waals surface area contributed by atoms with E-state index in [4.69, 9.17) is 10.8 Å². The summed E-state index contributed by atoms with van der Waals surface area (Å²) in [4.78, 5) is 34.8. The van der Waals surface area contributed by atoms with Gasteiger partial charge in [0.15, 0.2) is 0 Å². The van der Waals surface area contributed by atoms with Gasteiger partial charge in [0.25, 0.3) is 0 Å². The van der Waals surface area contributed by atoms with Crippen LogP contribution >= 0.6 is 0 Å². The number of aliphatic carboxylic acids is 1. The van der Waals surface area contributed by atoms with Crippen LogP contribution in [0, 0.1) is 0 Å². The molecular weight excluding hydrogens is 262 g/mol. The Balaban J connectivity index is 2.80. The zero-order chi connectivity index (χ0) is 15.1. The lowest BCUT2D eigenvalue weighted by molar-refractivity contribution is -0.135. The van der Waals surface area contributed by atoms with Gasteiger partial charge in [-0.15, -0.1) is 0 Å². The standard InChI is InChI=1S/C13H17N3O4/c1-9(7-11(14)17)15-13(20)16(8-12(18)19)10-5-3-2-4-6-10/h2-6,9H,7-8H2,1H3,(H2,14,17)(H,15,20)(H,18,19). The number of nitrogens with two attached hydrogens (primary N) is 1. The van der Waals surface area contributed by atoms with Gasteiger partial charge >= 0.3 is 12.0 Å². The highest BCUT2D eigenvalue weighted by Crippen LogP contribution is 2.13. The van der Waals surface area contributed by atoms with E-state index in [0.29, 0.717) is 5.69 Å². The van der Waals surface area contributed by atoms with Crippen molar-refractivity contribution in [2.24, 2.45) is 5.73 Å². The summed E-state index contributed by atoms with van der Waals surface area (Å²) in [6.07, 6.45) is -0.0125. The van der Waals surface area contributed by atoms with Crippen molar-refractivity contribution in [3.63, 3.8) is 0 Å². The molecule has 0 saturated carbocycles. The van der Waals surface area contributed by atoms with Crippen LogP contribution in [0.25, 0.3) is 0 Å². The minimum Gasteiger partial charge on any atom is -0.480 e. The number of carbonyl (C=O) groups is 3. The summed E-state index contributed by atoms with van der Waals surface area (Å²) >= 11 is 0. The molecule has 0 bridgehead atoms. The first-order chi connectivity index (χ1) is 9.40. The summed E-state index contributed by atoms with van der Waals surface area (Å²) in [6, 6.07) is 7.35. The normalized spacial score (nSPS) is 11.4. The number of carboxylic acid groups (broad SMARTS) is 1. The van der Waals surface area contributed by atoms with Gasteiger partial charge < -0.3 is 16.2 Å². The number of nitrogens with one attached hydrogen (secondary N) is 1. The highest BCUT2D eigenvalue weighted by molar-refractivity contribution is 5.96. The molecule has 1 rings (SSSR count). The van der Waals surface area contributed by atoms with Gasteiger partial charge in [-0.05, 0) is 19.1 Å². The lowest BCUT2D eigenvalue weighted by Gasteiger charge is -2.23. The highest BCUT2D eigenvalue weighted by atomic mass is 16.4. The van der Waals surface area contributed by atoms with Gasteiger partial charge in [0.1, 0.15) is 6.54 Å². The van der Waals surface area contributed by atoms with Gasteiger partial charge in [-0.3, -0.25) is 14.5 Å². The van der Waals surface area contributed by atoms with Crippen LogP contribution in [0.1, 0.15) is 13.3 Å². The second-order valence-corrected chi connectivity index (χ2v) is 4.34. The molecule has 7 nitrogen and oxygen atoms in total. The third-order valence-corrected chi connectivity index (χ3v) is 2.48. The maximum atomic E-state index is 12.1. The molecule has 1 atom stereocenters. The number of carboxylic acids is 1. The number of amides is 3. The van der Waals surface area contributed by atoms with Gasteiger partial charge in [-0.1, -0.05) is 18.2 Å².